The predicted molar refractivity (Wildman–Crippen MR) is 70.7 cm³/mol. The first-order chi connectivity index (χ1) is 9.40. The Bertz CT molecular complexity index is 475. The van der Waals surface area contributed by atoms with E-state index < -0.39 is 12.7 Å². The molecule has 6 heteroatoms. The van der Waals surface area contributed by atoms with E-state index >= 15 is 0 Å². The Hall–Kier alpha value is -1.30. The fraction of sp³-hybridized carbons (Fsp3) is 0.643. The van der Waals surface area contributed by atoms with Crippen LogP contribution in [0.4, 0.5) is 18.9 Å². The summed E-state index contributed by atoms with van der Waals surface area (Å²) in [7, 11) is 0. The molecule has 2 aliphatic heterocycles. The van der Waals surface area contributed by atoms with Gasteiger partial charge in [-0.1, -0.05) is 0 Å². The quantitative estimate of drug-likeness (QED) is 0.831. The second kappa shape index (κ2) is 4.91. The van der Waals surface area contributed by atoms with Crippen molar-refractivity contribution in [1.82, 2.24) is 9.88 Å². The van der Waals surface area contributed by atoms with Gasteiger partial charge >= 0.3 is 6.18 Å². The van der Waals surface area contributed by atoms with Crippen molar-refractivity contribution in [3.05, 3.63) is 24.0 Å². The molecule has 0 amide bonds. The highest BCUT2D eigenvalue weighted by atomic mass is 19.4. The van der Waals surface area contributed by atoms with Gasteiger partial charge in [0.25, 0.3) is 0 Å². The molecule has 20 heavy (non-hydrogen) atoms. The minimum absolute atomic E-state index is 0.353. The zero-order valence-corrected chi connectivity index (χ0v) is 11.4. The van der Waals surface area contributed by atoms with Gasteiger partial charge in [-0.3, -0.25) is 9.88 Å². The van der Waals surface area contributed by atoms with Gasteiger partial charge in [-0.15, -0.1) is 0 Å². The van der Waals surface area contributed by atoms with Crippen molar-refractivity contribution in [3.63, 3.8) is 0 Å². The molecular weight excluding hydrogens is 267 g/mol. The number of fused-ring (bicyclic) bond motifs is 1. The van der Waals surface area contributed by atoms with E-state index in [0.29, 0.717) is 24.9 Å². The van der Waals surface area contributed by atoms with Crippen LogP contribution in [0.25, 0.3) is 0 Å². The molecule has 2 aliphatic rings. The molecule has 0 aromatic carbocycles. The maximum Gasteiger partial charge on any atom is 0.401 e. The molecule has 3 heterocycles. The molecule has 0 bridgehead atoms. The van der Waals surface area contributed by atoms with Crippen LogP contribution in [0.5, 0.6) is 0 Å². The van der Waals surface area contributed by atoms with Gasteiger partial charge in [0.2, 0.25) is 0 Å². The molecule has 0 saturated carbocycles. The Labute approximate surface area is 116 Å². The minimum Gasteiger partial charge on any atom is -0.371 e. The van der Waals surface area contributed by atoms with E-state index in [1.54, 1.807) is 11.1 Å². The lowest BCUT2D eigenvalue weighted by Gasteiger charge is -2.23. The summed E-state index contributed by atoms with van der Waals surface area (Å²) in [5.74, 6) is 0.705. The second-order valence-electron chi connectivity index (χ2n) is 5.89. The van der Waals surface area contributed by atoms with Crippen LogP contribution < -0.4 is 4.90 Å². The van der Waals surface area contributed by atoms with Crippen molar-refractivity contribution in [1.29, 1.82) is 0 Å². The van der Waals surface area contributed by atoms with Gasteiger partial charge in [0.05, 0.1) is 6.54 Å². The predicted octanol–water partition coefficient (Wildman–Crippen LogP) is 2.32. The SMILES string of the molecule is Cc1cc(N2CC3CN(CC(F)(F)F)CC3C2)ccn1. The fourth-order valence-electron chi connectivity index (χ4n) is 3.41. The van der Waals surface area contributed by atoms with Crippen molar-refractivity contribution < 1.29 is 13.2 Å². The molecule has 3 nitrogen and oxygen atoms in total. The molecule has 0 spiro atoms. The fourth-order valence-corrected chi connectivity index (χ4v) is 3.41. The van der Waals surface area contributed by atoms with Crippen LogP contribution in [0.2, 0.25) is 0 Å². The van der Waals surface area contributed by atoms with E-state index in [-0.39, 0.29) is 0 Å². The Morgan fingerprint density at radius 2 is 1.85 bits per heavy atom. The Morgan fingerprint density at radius 1 is 1.20 bits per heavy atom. The number of aryl methyl sites for hydroxylation is 1. The molecule has 2 atom stereocenters. The van der Waals surface area contributed by atoms with E-state index in [4.69, 9.17) is 0 Å². The molecule has 1 aromatic rings. The lowest BCUT2D eigenvalue weighted by Crippen LogP contribution is -2.35. The first-order valence-corrected chi connectivity index (χ1v) is 6.87. The molecule has 0 N–H and O–H groups in total. The molecule has 2 fully saturated rings. The van der Waals surface area contributed by atoms with E-state index in [0.717, 1.165) is 24.5 Å². The van der Waals surface area contributed by atoms with Crippen LogP contribution in [0.15, 0.2) is 18.3 Å². The molecule has 110 valence electrons. The van der Waals surface area contributed by atoms with Crippen LogP contribution in [0, 0.1) is 18.8 Å². The number of hydrogen-bond acceptors (Lipinski definition) is 3. The monoisotopic (exact) mass is 285 g/mol. The highest BCUT2D eigenvalue weighted by molar-refractivity contribution is 5.47. The Kier molecular flexibility index (Phi) is 3.36. The van der Waals surface area contributed by atoms with E-state index in [9.17, 15) is 13.2 Å². The highest BCUT2D eigenvalue weighted by Gasteiger charge is 2.43. The number of rotatable bonds is 2. The number of anilines is 1. The van der Waals surface area contributed by atoms with E-state index in [1.165, 1.54) is 0 Å². The van der Waals surface area contributed by atoms with Gasteiger partial charge < -0.3 is 4.90 Å². The number of aromatic nitrogens is 1. The van der Waals surface area contributed by atoms with Crippen molar-refractivity contribution in [3.8, 4) is 0 Å². The molecule has 2 unspecified atom stereocenters. The molecule has 0 radical (unpaired) electrons. The maximum atomic E-state index is 12.4. The summed E-state index contributed by atoms with van der Waals surface area (Å²) < 4.78 is 37.2. The smallest absolute Gasteiger partial charge is 0.371 e. The summed E-state index contributed by atoms with van der Waals surface area (Å²) >= 11 is 0. The van der Waals surface area contributed by atoms with E-state index in [2.05, 4.69) is 9.88 Å². The summed E-state index contributed by atoms with van der Waals surface area (Å²) in [6.45, 7) is 4.00. The lowest BCUT2D eigenvalue weighted by atomic mass is 10.0. The van der Waals surface area contributed by atoms with E-state index in [1.807, 2.05) is 19.1 Å². The van der Waals surface area contributed by atoms with Crippen molar-refractivity contribution >= 4 is 5.69 Å². The molecule has 3 rings (SSSR count). The summed E-state index contributed by atoms with van der Waals surface area (Å²) in [5.41, 5.74) is 2.10. The van der Waals surface area contributed by atoms with Crippen LogP contribution in [-0.4, -0.2) is 48.8 Å². The molecule has 1 aromatic heterocycles. The first-order valence-electron chi connectivity index (χ1n) is 6.87. The zero-order chi connectivity index (χ0) is 14.3. The van der Waals surface area contributed by atoms with Gasteiger partial charge in [-0.05, 0) is 30.9 Å². The third-order valence-electron chi connectivity index (χ3n) is 4.21. The van der Waals surface area contributed by atoms with Crippen LogP contribution in [-0.2, 0) is 0 Å². The van der Waals surface area contributed by atoms with Crippen LogP contribution in [0.1, 0.15) is 5.69 Å². The maximum absolute atomic E-state index is 12.4. The van der Waals surface area contributed by atoms with Gasteiger partial charge in [-0.25, -0.2) is 0 Å². The zero-order valence-electron chi connectivity index (χ0n) is 11.4. The lowest BCUT2D eigenvalue weighted by molar-refractivity contribution is -0.144. The second-order valence-corrected chi connectivity index (χ2v) is 5.89. The first kappa shape index (κ1) is 13.7. The summed E-state index contributed by atoms with van der Waals surface area (Å²) in [4.78, 5) is 7.99. The number of alkyl halides is 3. The largest absolute Gasteiger partial charge is 0.401 e. The number of likely N-dealkylation sites (tertiary alicyclic amines) is 1. The number of halogens is 3. The minimum atomic E-state index is -4.08. The van der Waals surface area contributed by atoms with Crippen LogP contribution >= 0.6 is 0 Å². The molecular formula is C14H18F3N3. The Morgan fingerprint density at radius 3 is 2.40 bits per heavy atom. The third-order valence-corrected chi connectivity index (χ3v) is 4.21. The van der Waals surface area contributed by atoms with Crippen molar-refractivity contribution in [2.75, 3.05) is 37.6 Å². The van der Waals surface area contributed by atoms with Gasteiger partial charge in [-0.2, -0.15) is 13.2 Å². The van der Waals surface area contributed by atoms with Crippen LogP contribution in [0.3, 0.4) is 0 Å². The van der Waals surface area contributed by atoms with Gasteiger partial charge in [0.15, 0.2) is 0 Å². The highest BCUT2D eigenvalue weighted by Crippen LogP contribution is 2.35. The third kappa shape index (κ3) is 2.90. The number of nitrogens with zero attached hydrogens (tertiary/aromatic N) is 3. The number of hydrogen-bond donors (Lipinski definition) is 0. The topological polar surface area (TPSA) is 19.4 Å². The molecule has 0 aliphatic carbocycles. The average molecular weight is 285 g/mol. The van der Waals surface area contributed by atoms with Gasteiger partial charge in [0.1, 0.15) is 0 Å². The number of pyridine rings is 1. The van der Waals surface area contributed by atoms with Gasteiger partial charge in [0, 0.05) is 43.8 Å². The summed E-state index contributed by atoms with van der Waals surface area (Å²) in [6.07, 6.45) is -2.30. The molecule has 2 saturated heterocycles. The normalized spacial score (nSPS) is 27.1. The van der Waals surface area contributed by atoms with Crippen molar-refractivity contribution in [2.24, 2.45) is 11.8 Å². The average Bonchev–Trinajstić information content (AvgIpc) is 2.84. The summed E-state index contributed by atoms with van der Waals surface area (Å²) in [5, 5.41) is 0. The standard InChI is InChI=1S/C14H18F3N3/c1-10-4-13(2-3-18-10)20-7-11-5-19(6-12(11)8-20)9-14(15,16)17/h2-4,11-12H,5-9H2,1H3. The van der Waals surface area contributed by atoms with Crippen molar-refractivity contribution in [2.45, 2.75) is 13.1 Å². The Balaban J connectivity index is 1.61. The summed E-state index contributed by atoms with van der Waals surface area (Å²) in [6, 6.07) is 4.01.